The molecule has 21 heavy (non-hydrogen) atoms. The van der Waals surface area contributed by atoms with Gasteiger partial charge in [-0.3, -0.25) is 9.79 Å². The van der Waals surface area contributed by atoms with Crippen molar-refractivity contribution in [2.24, 2.45) is 4.99 Å². The maximum absolute atomic E-state index is 13.5. The van der Waals surface area contributed by atoms with Crippen molar-refractivity contribution in [2.75, 3.05) is 13.6 Å². The minimum atomic E-state index is -0.253. The lowest BCUT2D eigenvalue weighted by Crippen LogP contribution is -2.39. The van der Waals surface area contributed by atoms with Crippen molar-refractivity contribution >= 4 is 11.9 Å². The van der Waals surface area contributed by atoms with Crippen LogP contribution < -0.4 is 16.0 Å². The van der Waals surface area contributed by atoms with Gasteiger partial charge in [-0.05, 0) is 19.9 Å². The number of amides is 1. The van der Waals surface area contributed by atoms with Gasteiger partial charge >= 0.3 is 0 Å². The van der Waals surface area contributed by atoms with Crippen molar-refractivity contribution < 1.29 is 9.18 Å². The molecule has 0 atom stereocenters. The molecule has 0 unspecified atom stereocenters. The standard InChI is InChI=1S/C15H23FN4O/c1-11(2)20-14(21)8-9-18-15(17-3)19-10-12-6-4-5-7-13(12)16/h4-7,11H,8-10H2,1-3H3,(H,20,21)(H2,17,18,19). The lowest BCUT2D eigenvalue weighted by molar-refractivity contribution is -0.121. The molecule has 3 N–H and O–H groups in total. The van der Waals surface area contributed by atoms with Gasteiger partial charge in [0.2, 0.25) is 5.91 Å². The van der Waals surface area contributed by atoms with Crippen LogP contribution in [-0.2, 0) is 11.3 Å². The summed E-state index contributed by atoms with van der Waals surface area (Å²) in [5.74, 6) is 0.273. The number of hydrogen-bond acceptors (Lipinski definition) is 2. The third-order valence-electron chi connectivity index (χ3n) is 2.72. The first-order valence-electron chi connectivity index (χ1n) is 7.00. The number of aliphatic imine (C=N–C) groups is 1. The molecule has 1 rings (SSSR count). The van der Waals surface area contributed by atoms with Gasteiger partial charge in [0.05, 0.1) is 0 Å². The van der Waals surface area contributed by atoms with Gasteiger partial charge in [-0.2, -0.15) is 0 Å². The van der Waals surface area contributed by atoms with Crippen molar-refractivity contribution in [3.05, 3.63) is 35.6 Å². The second-order valence-electron chi connectivity index (χ2n) is 4.92. The minimum absolute atomic E-state index is 0.0120. The van der Waals surface area contributed by atoms with E-state index < -0.39 is 0 Å². The third kappa shape index (κ3) is 6.74. The van der Waals surface area contributed by atoms with Crippen molar-refractivity contribution in [2.45, 2.75) is 32.9 Å². The van der Waals surface area contributed by atoms with Gasteiger partial charge in [-0.25, -0.2) is 4.39 Å². The molecule has 0 aliphatic rings. The van der Waals surface area contributed by atoms with E-state index in [4.69, 9.17) is 0 Å². The molecule has 0 radical (unpaired) electrons. The number of carbonyl (C=O) groups excluding carboxylic acids is 1. The number of nitrogens with zero attached hydrogens (tertiary/aromatic N) is 1. The zero-order chi connectivity index (χ0) is 15.7. The largest absolute Gasteiger partial charge is 0.356 e. The minimum Gasteiger partial charge on any atom is -0.356 e. The molecule has 0 aliphatic heterocycles. The van der Waals surface area contributed by atoms with Crippen molar-refractivity contribution in [3.63, 3.8) is 0 Å². The molecule has 0 saturated carbocycles. The highest BCUT2D eigenvalue weighted by molar-refractivity contribution is 5.81. The first-order chi connectivity index (χ1) is 10.0. The van der Waals surface area contributed by atoms with Crippen molar-refractivity contribution in [1.29, 1.82) is 0 Å². The van der Waals surface area contributed by atoms with Crippen molar-refractivity contribution in [3.8, 4) is 0 Å². The molecule has 1 amide bonds. The van der Waals surface area contributed by atoms with Crippen LogP contribution in [0.4, 0.5) is 4.39 Å². The Morgan fingerprint density at radius 3 is 2.62 bits per heavy atom. The van der Waals surface area contributed by atoms with E-state index in [9.17, 15) is 9.18 Å². The Balaban J connectivity index is 2.33. The maximum Gasteiger partial charge on any atom is 0.221 e. The summed E-state index contributed by atoms with van der Waals surface area (Å²) in [7, 11) is 1.63. The number of hydrogen-bond donors (Lipinski definition) is 3. The Hall–Kier alpha value is -2.11. The number of nitrogens with one attached hydrogen (secondary N) is 3. The van der Waals surface area contributed by atoms with E-state index in [1.807, 2.05) is 13.8 Å². The normalized spacial score (nSPS) is 11.4. The molecule has 116 valence electrons. The highest BCUT2D eigenvalue weighted by Crippen LogP contribution is 2.05. The summed E-state index contributed by atoms with van der Waals surface area (Å²) in [6.07, 6.45) is 0.360. The van der Waals surface area contributed by atoms with Crippen LogP contribution in [0.1, 0.15) is 25.8 Å². The van der Waals surface area contributed by atoms with E-state index in [1.165, 1.54) is 6.07 Å². The molecule has 6 heteroatoms. The highest BCUT2D eigenvalue weighted by atomic mass is 19.1. The van der Waals surface area contributed by atoms with E-state index >= 15 is 0 Å². The van der Waals surface area contributed by atoms with Crippen LogP contribution in [0.2, 0.25) is 0 Å². The van der Waals surface area contributed by atoms with Crippen LogP contribution in [0.25, 0.3) is 0 Å². The van der Waals surface area contributed by atoms with Gasteiger partial charge in [-0.15, -0.1) is 0 Å². The zero-order valence-electron chi connectivity index (χ0n) is 12.7. The zero-order valence-corrected chi connectivity index (χ0v) is 12.7. The number of halogens is 1. The topological polar surface area (TPSA) is 65.5 Å². The lowest BCUT2D eigenvalue weighted by Gasteiger charge is -2.13. The van der Waals surface area contributed by atoms with E-state index in [0.29, 0.717) is 31.0 Å². The lowest BCUT2D eigenvalue weighted by atomic mass is 10.2. The summed E-state index contributed by atoms with van der Waals surface area (Å²) in [6, 6.07) is 6.71. The Bertz CT molecular complexity index is 488. The molecular weight excluding hydrogens is 271 g/mol. The number of guanidine groups is 1. The Morgan fingerprint density at radius 2 is 2.00 bits per heavy atom. The summed E-state index contributed by atoms with van der Waals surface area (Å²) in [4.78, 5) is 15.5. The monoisotopic (exact) mass is 294 g/mol. The van der Waals surface area contributed by atoms with Gasteiger partial charge in [0.15, 0.2) is 5.96 Å². The first-order valence-corrected chi connectivity index (χ1v) is 7.00. The molecule has 5 nitrogen and oxygen atoms in total. The molecule has 0 bridgehead atoms. The predicted molar refractivity (Wildman–Crippen MR) is 82.5 cm³/mol. The van der Waals surface area contributed by atoms with Crippen LogP contribution >= 0.6 is 0 Å². The van der Waals surface area contributed by atoms with Crippen LogP contribution in [0.3, 0.4) is 0 Å². The van der Waals surface area contributed by atoms with E-state index in [1.54, 1.807) is 25.2 Å². The average molecular weight is 294 g/mol. The predicted octanol–water partition coefficient (Wildman–Crippen LogP) is 1.41. The van der Waals surface area contributed by atoms with Crippen LogP contribution in [0.15, 0.2) is 29.3 Å². The fourth-order valence-corrected chi connectivity index (χ4v) is 1.73. The molecule has 0 aromatic heterocycles. The summed E-state index contributed by atoms with van der Waals surface area (Å²) < 4.78 is 13.5. The van der Waals surface area contributed by atoms with Crippen LogP contribution in [-0.4, -0.2) is 31.5 Å². The second kappa shape index (κ2) is 8.94. The summed E-state index contributed by atoms with van der Waals surface area (Å²) >= 11 is 0. The highest BCUT2D eigenvalue weighted by Gasteiger charge is 2.05. The summed E-state index contributed by atoms with van der Waals surface area (Å²) in [5, 5.41) is 8.84. The fraction of sp³-hybridized carbons (Fsp3) is 0.467. The first kappa shape index (κ1) is 16.9. The molecule has 0 spiro atoms. The molecule has 0 fully saturated rings. The SMILES string of the molecule is CN=C(NCCC(=O)NC(C)C)NCc1ccccc1F. The fourth-order valence-electron chi connectivity index (χ4n) is 1.73. The summed E-state index contributed by atoms with van der Waals surface area (Å²) in [6.45, 7) is 4.64. The van der Waals surface area contributed by atoms with Gasteiger partial charge < -0.3 is 16.0 Å². The molecular formula is C15H23FN4O. The van der Waals surface area contributed by atoms with Crippen molar-refractivity contribution in [1.82, 2.24) is 16.0 Å². The molecule has 0 saturated heterocycles. The third-order valence-corrected chi connectivity index (χ3v) is 2.72. The van der Waals surface area contributed by atoms with Crippen LogP contribution in [0, 0.1) is 5.82 Å². The van der Waals surface area contributed by atoms with E-state index in [-0.39, 0.29) is 17.8 Å². The Labute approximate surface area is 125 Å². The van der Waals surface area contributed by atoms with E-state index in [2.05, 4.69) is 20.9 Å². The molecule has 0 heterocycles. The van der Waals surface area contributed by atoms with Gasteiger partial charge in [0.25, 0.3) is 0 Å². The molecule has 1 aromatic carbocycles. The second-order valence-corrected chi connectivity index (χ2v) is 4.92. The number of carbonyl (C=O) groups is 1. The Kier molecular flexibility index (Phi) is 7.21. The number of rotatable bonds is 6. The van der Waals surface area contributed by atoms with Gasteiger partial charge in [0, 0.05) is 38.2 Å². The van der Waals surface area contributed by atoms with Gasteiger partial charge in [0.1, 0.15) is 5.82 Å². The molecule has 0 aliphatic carbocycles. The van der Waals surface area contributed by atoms with Crippen LogP contribution in [0.5, 0.6) is 0 Å². The summed E-state index contributed by atoms with van der Waals surface area (Å²) in [5.41, 5.74) is 0.568. The van der Waals surface area contributed by atoms with E-state index in [0.717, 1.165) is 0 Å². The Morgan fingerprint density at radius 1 is 1.29 bits per heavy atom. The molecule has 1 aromatic rings. The van der Waals surface area contributed by atoms with Gasteiger partial charge in [-0.1, -0.05) is 18.2 Å². The maximum atomic E-state index is 13.5. The number of benzene rings is 1. The quantitative estimate of drug-likeness (QED) is 0.549. The smallest absolute Gasteiger partial charge is 0.221 e. The average Bonchev–Trinajstić information content (AvgIpc) is 2.43.